The molecule has 0 bridgehead atoms. The first-order chi connectivity index (χ1) is 5.25. The molecular weight excluding hydrogens is 142 g/mol. The van der Waals surface area contributed by atoms with Gasteiger partial charge in [-0.05, 0) is 19.3 Å². The number of ether oxygens (including phenoxy) is 1. The summed E-state index contributed by atoms with van der Waals surface area (Å²) in [7, 11) is 0. The maximum atomic E-state index is 11.2. The summed E-state index contributed by atoms with van der Waals surface area (Å²) >= 11 is 0. The van der Waals surface area contributed by atoms with Gasteiger partial charge in [-0.15, -0.1) is 0 Å². The molecule has 0 aromatic carbocycles. The third-order valence-electron chi connectivity index (χ3n) is 2.00. The lowest BCUT2D eigenvalue weighted by Crippen LogP contribution is -2.36. The molecule has 0 aromatic rings. The lowest BCUT2D eigenvalue weighted by molar-refractivity contribution is -0.131. The summed E-state index contributed by atoms with van der Waals surface area (Å²) in [6, 6.07) is 0. The minimum atomic E-state index is -0.199. The molecule has 3 nitrogen and oxygen atoms in total. The molecule has 0 aliphatic carbocycles. The Bertz CT molecular complexity index is 147. The number of likely N-dealkylation sites (N-methyl/N-ethyl adjacent to an activating group) is 1. The molecule has 1 heterocycles. The first-order valence-electron chi connectivity index (χ1n) is 4.15. The molecule has 1 saturated heterocycles. The van der Waals surface area contributed by atoms with E-state index < -0.39 is 0 Å². The van der Waals surface area contributed by atoms with Crippen LogP contribution < -0.4 is 5.32 Å². The molecule has 1 aliphatic heterocycles. The molecule has 3 heteroatoms. The third-order valence-corrected chi connectivity index (χ3v) is 2.00. The lowest BCUT2D eigenvalue weighted by atomic mass is 10.0. The van der Waals surface area contributed by atoms with E-state index in [9.17, 15) is 4.79 Å². The van der Waals surface area contributed by atoms with Gasteiger partial charge in [-0.25, -0.2) is 0 Å². The highest BCUT2D eigenvalue weighted by atomic mass is 16.5. The second-order valence-electron chi connectivity index (χ2n) is 2.95. The monoisotopic (exact) mass is 157 g/mol. The van der Waals surface area contributed by atoms with Crippen molar-refractivity contribution in [3.8, 4) is 0 Å². The van der Waals surface area contributed by atoms with Crippen molar-refractivity contribution in [3.05, 3.63) is 0 Å². The normalized spacial score (nSPS) is 30.4. The summed E-state index contributed by atoms with van der Waals surface area (Å²) in [5.74, 6) is 0.416. The van der Waals surface area contributed by atoms with Gasteiger partial charge < -0.3 is 10.1 Å². The fraction of sp³-hybridized carbons (Fsp3) is 0.875. The summed E-state index contributed by atoms with van der Waals surface area (Å²) in [5, 5.41) is 2.75. The van der Waals surface area contributed by atoms with Gasteiger partial charge in [0.1, 0.15) is 6.10 Å². The zero-order chi connectivity index (χ0) is 8.27. The van der Waals surface area contributed by atoms with E-state index in [1.54, 1.807) is 0 Å². The lowest BCUT2D eigenvalue weighted by Gasteiger charge is -2.12. The minimum Gasteiger partial charge on any atom is -0.368 e. The first kappa shape index (κ1) is 8.53. The van der Waals surface area contributed by atoms with Crippen LogP contribution in [0.15, 0.2) is 0 Å². The molecule has 1 rings (SSSR count). The second kappa shape index (κ2) is 3.72. The van der Waals surface area contributed by atoms with Gasteiger partial charge in [-0.1, -0.05) is 6.92 Å². The van der Waals surface area contributed by atoms with E-state index >= 15 is 0 Å². The van der Waals surface area contributed by atoms with Gasteiger partial charge in [0.15, 0.2) is 0 Å². The third kappa shape index (κ3) is 1.93. The predicted molar refractivity (Wildman–Crippen MR) is 42.2 cm³/mol. The van der Waals surface area contributed by atoms with E-state index in [0.29, 0.717) is 12.5 Å². The van der Waals surface area contributed by atoms with Crippen LogP contribution in [0.5, 0.6) is 0 Å². The highest BCUT2D eigenvalue weighted by Crippen LogP contribution is 2.19. The fourth-order valence-electron chi connectivity index (χ4n) is 1.31. The Morgan fingerprint density at radius 2 is 2.45 bits per heavy atom. The van der Waals surface area contributed by atoms with Crippen LogP contribution in [0.4, 0.5) is 0 Å². The van der Waals surface area contributed by atoms with Crippen LogP contribution in [0.25, 0.3) is 0 Å². The minimum absolute atomic E-state index is 0.0394. The molecule has 64 valence electrons. The van der Waals surface area contributed by atoms with Crippen molar-refractivity contribution < 1.29 is 9.53 Å². The number of carbonyl (C=O) groups excluding carboxylic acids is 1. The number of carbonyl (C=O) groups is 1. The van der Waals surface area contributed by atoms with Crippen LogP contribution in [0.3, 0.4) is 0 Å². The topological polar surface area (TPSA) is 38.3 Å². The Kier molecular flexibility index (Phi) is 2.88. The summed E-state index contributed by atoms with van der Waals surface area (Å²) in [5.41, 5.74) is 0. The maximum absolute atomic E-state index is 11.2. The van der Waals surface area contributed by atoms with Crippen LogP contribution in [0.1, 0.15) is 20.3 Å². The molecular formula is C8H15NO2. The largest absolute Gasteiger partial charge is 0.368 e. The SMILES string of the molecule is CCNC(=O)[C@H]1OCC[C@H]1C. The van der Waals surface area contributed by atoms with Crippen molar-refractivity contribution in [3.63, 3.8) is 0 Å². The van der Waals surface area contributed by atoms with Gasteiger partial charge in [0, 0.05) is 13.2 Å². The van der Waals surface area contributed by atoms with E-state index in [1.165, 1.54) is 0 Å². The Morgan fingerprint density at radius 3 is 2.91 bits per heavy atom. The average molecular weight is 157 g/mol. The van der Waals surface area contributed by atoms with Crippen molar-refractivity contribution in [2.24, 2.45) is 5.92 Å². The standard InChI is InChI=1S/C8H15NO2/c1-3-9-8(10)7-6(2)4-5-11-7/h6-7H,3-5H2,1-2H3,(H,9,10)/t6-,7+/m1/s1. The molecule has 1 amide bonds. The van der Waals surface area contributed by atoms with E-state index in [-0.39, 0.29) is 12.0 Å². The molecule has 0 spiro atoms. The summed E-state index contributed by atoms with van der Waals surface area (Å²) in [6.07, 6.45) is 0.803. The summed E-state index contributed by atoms with van der Waals surface area (Å²) < 4.78 is 5.27. The Labute approximate surface area is 67.1 Å². The number of nitrogens with one attached hydrogen (secondary N) is 1. The number of hydrogen-bond acceptors (Lipinski definition) is 2. The maximum Gasteiger partial charge on any atom is 0.249 e. The highest BCUT2D eigenvalue weighted by Gasteiger charge is 2.30. The van der Waals surface area contributed by atoms with Crippen molar-refractivity contribution in [2.75, 3.05) is 13.2 Å². The Balaban J connectivity index is 2.39. The Hall–Kier alpha value is -0.570. The van der Waals surface area contributed by atoms with E-state index in [1.807, 2.05) is 13.8 Å². The van der Waals surface area contributed by atoms with Crippen molar-refractivity contribution >= 4 is 5.91 Å². The highest BCUT2D eigenvalue weighted by molar-refractivity contribution is 5.81. The Morgan fingerprint density at radius 1 is 1.73 bits per heavy atom. The fourth-order valence-corrected chi connectivity index (χ4v) is 1.31. The summed E-state index contributed by atoms with van der Waals surface area (Å²) in [4.78, 5) is 11.2. The van der Waals surface area contributed by atoms with Gasteiger partial charge >= 0.3 is 0 Å². The second-order valence-corrected chi connectivity index (χ2v) is 2.95. The average Bonchev–Trinajstić information content (AvgIpc) is 2.36. The van der Waals surface area contributed by atoms with Gasteiger partial charge in [0.05, 0.1) is 0 Å². The smallest absolute Gasteiger partial charge is 0.249 e. The summed E-state index contributed by atoms with van der Waals surface area (Å²) in [6.45, 7) is 5.37. The zero-order valence-electron chi connectivity index (χ0n) is 7.09. The number of amides is 1. The van der Waals surface area contributed by atoms with Crippen LogP contribution >= 0.6 is 0 Å². The quantitative estimate of drug-likeness (QED) is 0.635. The molecule has 0 saturated carbocycles. The van der Waals surface area contributed by atoms with Crippen LogP contribution in [-0.2, 0) is 9.53 Å². The van der Waals surface area contributed by atoms with Crippen LogP contribution in [-0.4, -0.2) is 25.2 Å². The van der Waals surface area contributed by atoms with Gasteiger partial charge in [0.2, 0.25) is 5.91 Å². The molecule has 0 radical (unpaired) electrons. The molecule has 1 aliphatic rings. The number of rotatable bonds is 2. The first-order valence-corrected chi connectivity index (χ1v) is 4.15. The molecule has 0 unspecified atom stereocenters. The van der Waals surface area contributed by atoms with Crippen LogP contribution in [0, 0.1) is 5.92 Å². The molecule has 2 atom stereocenters. The van der Waals surface area contributed by atoms with Gasteiger partial charge in [-0.2, -0.15) is 0 Å². The molecule has 0 aromatic heterocycles. The van der Waals surface area contributed by atoms with E-state index in [4.69, 9.17) is 4.74 Å². The van der Waals surface area contributed by atoms with Crippen molar-refractivity contribution in [1.82, 2.24) is 5.32 Å². The predicted octanol–water partition coefficient (Wildman–Crippen LogP) is 0.547. The number of hydrogen-bond donors (Lipinski definition) is 1. The molecule has 11 heavy (non-hydrogen) atoms. The van der Waals surface area contributed by atoms with Crippen molar-refractivity contribution in [2.45, 2.75) is 26.4 Å². The van der Waals surface area contributed by atoms with Gasteiger partial charge in [-0.3, -0.25) is 4.79 Å². The molecule has 1 fully saturated rings. The van der Waals surface area contributed by atoms with E-state index in [2.05, 4.69) is 5.32 Å². The van der Waals surface area contributed by atoms with Gasteiger partial charge in [0.25, 0.3) is 0 Å². The zero-order valence-corrected chi connectivity index (χ0v) is 7.09. The van der Waals surface area contributed by atoms with Crippen LogP contribution in [0.2, 0.25) is 0 Å². The molecule has 1 N–H and O–H groups in total. The van der Waals surface area contributed by atoms with E-state index in [0.717, 1.165) is 13.0 Å². The van der Waals surface area contributed by atoms with Crippen molar-refractivity contribution in [1.29, 1.82) is 0 Å².